The minimum absolute atomic E-state index is 0.0622. The molecular formula is C28H21NO2. The quantitative estimate of drug-likeness (QED) is 0.278. The molecule has 0 amide bonds. The van der Waals surface area contributed by atoms with Crippen LogP contribution in [0.15, 0.2) is 109 Å². The number of carbonyl (C=O) groups is 1. The highest BCUT2D eigenvalue weighted by Crippen LogP contribution is 2.29. The Kier molecular flexibility index (Phi) is 6.21. The van der Waals surface area contributed by atoms with Gasteiger partial charge < -0.3 is 4.74 Å². The van der Waals surface area contributed by atoms with Crippen molar-refractivity contribution in [2.45, 2.75) is 12.3 Å². The van der Waals surface area contributed by atoms with Gasteiger partial charge in [0.05, 0.1) is 18.1 Å². The number of hydrogen-bond acceptors (Lipinski definition) is 3. The van der Waals surface area contributed by atoms with E-state index in [-0.39, 0.29) is 18.3 Å². The zero-order valence-electron chi connectivity index (χ0n) is 16.9. The predicted octanol–water partition coefficient (Wildman–Crippen LogP) is 6.35. The molecule has 0 N–H and O–H groups in total. The van der Waals surface area contributed by atoms with E-state index in [0.29, 0.717) is 11.3 Å². The summed E-state index contributed by atoms with van der Waals surface area (Å²) in [5, 5.41) is 8.93. The van der Waals surface area contributed by atoms with Gasteiger partial charge in [-0.25, -0.2) is 0 Å². The van der Waals surface area contributed by atoms with Gasteiger partial charge in [-0.2, -0.15) is 5.26 Å². The van der Waals surface area contributed by atoms with Crippen molar-refractivity contribution in [3.63, 3.8) is 0 Å². The van der Waals surface area contributed by atoms with Crippen molar-refractivity contribution < 1.29 is 9.53 Å². The molecule has 3 heteroatoms. The molecule has 3 nitrogen and oxygen atoms in total. The van der Waals surface area contributed by atoms with Crippen molar-refractivity contribution in [2.75, 3.05) is 0 Å². The summed E-state index contributed by atoms with van der Waals surface area (Å²) in [5.41, 5.74) is 4.80. The molecule has 0 saturated carbocycles. The Morgan fingerprint density at radius 2 is 1.19 bits per heavy atom. The second kappa shape index (κ2) is 9.56. The van der Waals surface area contributed by atoms with Crippen LogP contribution in [0.3, 0.4) is 0 Å². The second-order valence-corrected chi connectivity index (χ2v) is 7.27. The van der Waals surface area contributed by atoms with Crippen molar-refractivity contribution in [2.24, 2.45) is 0 Å². The normalized spacial score (nSPS) is 10.5. The number of rotatable bonds is 6. The van der Waals surface area contributed by atoms with Gasteiger partial charge in [-0.05, 0) is 46.5 Å². The maximum absolute atomic E-state index is 12.7. The van der Waals surface area contributed by atoms with Crippen LogP contribution in [0.5, 0.6) is 5.75 Å². The molecule has 0 unspecified atom stereocenters. The van der Waals surface area contributed by atoms with Crippen molar-refractivity contribution in [1.82, 2.24) is 0 Å². The monoisotopic (exact) mass is 403 g/mol. The maximum Gasteiger partial charge on any atom is 0.312 e. The summed E-state index contributed by atoms with van der Waals surface area (Å²) in [6, 6.07) is 37.0. The number of hydrogen-bond donors (Lipinski definition) is 0. The molecule has 0 atom stereocenters. The summed E-state index contributed by atoms with van der Waals surface area (Å²) in [7, 11) is 0. The lowest BCUT2D eigenvalue weighted by molar-refractivity contribution is -0.134. The lowest BCUT2D eigenvalue weighted by atomic mass is 9.88. The molecule has 0 spiro atoms. The van der Waals surface area contributed by atoms with Gasteiger partial charge in [0.1, 0.15) is 5.75 Å². The van der Waals surface area contributed by atoms with Crippen molar-refractivity contribution in [1.29, 1.82) is 5.26 Å². The van der Waals surface area contributed by atoms with Crippen LogP contribution in [0.25, 0.3) is 11.1 Å². The van der Waals surface area contributed by atoms with Crippen LogP contribution >= 0.6 is 0 Å². The molecule has 0 aliphatic rings. The first-order valence-corrected chi connectivity index (χ1v) is 10.1. The Labute approximate surface area is 182 Å². The number of nitrogens with zero attached hydrogens (tertiary/aromatic N) is 1. The van der Waals surface area contributed by atoms with Crippen LogP contribution in [0, 0.1) is 11.3 Å². The van der Waals surface area contributed by atoms with E-state index in [9.17, 15) is 4.79 Å². The van der Waals surface area contributed by atoms with Gasteiger partial charge in [-0.3, -0.25) is 4.79 Å². The number of benzene rings is 4. The van der Waals surface area contributed by atoms with Crippen LogP contribution in [0.2, 0.25) is 0 Å². The fourth-order valence-corrected chi connectivity index (χ4v) is 3.59. The van der Waals surface area contributed by atoms with Crippen molar-refractivity contribution in [3.05, 3.63) is 126 Å². The standard InChI is InChI=1S/C28H21NO2/c29-20-21-11-13-22(14-12-21)23-15-17-26(18-16-23)31-28(30)19-27(24-7-3-1-4-8-24)25-9-5-2-6-10-25/h1-18,27H,19H2. The van der Waals surface area contributed by atoms with Gasteiger partial charge in [0.15, 0.2) is 0 Å². The fraction of sp³-hybridized carbons (Fsp3) is 0.0714. The Morgan fingerprint density at radius 1 is 0.710 bits per heavy atom. The summed E-state index contributed by atoms with van der Waals surface area (Å²) < 4.78 is 5.63. The molecule has 0 radical (unpaired) electrons. The highest BCUT2D eigenvalue weighted by Gasteiger charge is 2.19. The third kappa shape index (κ3) is 5.07. The number of nitriles is 1. The van der Waals surface area contributed by atoms with Gasteiger partial charge in [0, 0.05) is 5.92 Å². The number of ether oxygens (including phenoxy) is 1. The van der Waals surface area contributed by atoms with Gasteiger partial charge in [0.25, 0.3) is 0 Å². The minimum atomic E-state index is -0.274. The average Bonchev–Trinajstić information content (AvgIpc) is 2.84. The topological polar surface area (TPSA) is 50.1 Å². The SMILES string of the molecule is N#Cc1ccc(-c2ccc(OC(=O)CC(c3ccccc3)c3ccccc3)cc2)cc1. The van der Waals surface area contributed by atoms with E-state index >= 15 is 0 Å². The van der Waals surface area contributed by atoms with E-state index in [4.69, 9.17) is 10.00 Å². The zero-order chi connectivity index (χ0) is 21.5. The lowest BCUT2D eigenvalue weighted by Crippen LogP contribution is -2.14. The second-order valence-electron chi connectivity index (χ2n) is 7.27. The smallest absolute Gasteiger partial charge is 0.312 e. The molecule has 150 valence electrons. The molecule has 4 aromatic rings. The highest BCUT2D eigenvalue weighted by molar-refractivity contribution is 5.75. The van der Waals surface area contributed by atoms with Gasteiger partial charge >= 0.3 is 5.97 Å². The highest BCUT2D eigenvalue weighted by atomic mass is 16.5. The van der Waals surface area contributed by atoms with Crippen molar-refractivity contribution >= 4 is 5.97 Å². The van der Waals surface area contributed by atoms with Gasteiger partial charge in [-0.15, -0.1) is 0 Å². The van der Waals surface area contributed by atoms with Crippen LogP contribution in [-0.2, 0) is 4.79 Å². The molecular weight excluding hydrogens is 382 g/mol. The fourth-order valence-electron chi connectivity index (χ4n) is 3.59. The van der Waals surface area contributed by atoms with E-state index < -0.39 is 0 Å². The average molecular weight is 403 g/mol. The molecule has 0 aliphatic heterocycles. The van der Waals surface area contributed by atoms with Crippen LogP contribution < -0.4 is 4.74 Å². The predicted molar refractivity (Wildman–Crippen MR) is 122 cm³/mol. The first-order chi connectivity index (χ1) is 15.2. The molecule has 4 rings (SSSR count). The summed E-state index contributed by atoms with van der Waals surface area (Å²) >= 11 is 0. The summed E-state index contributed by atoms with van der Waals surface area (Å²) in [4.78, 5) is 12.7. The van der Waals surface area contributed by atoms with Crippen LogP contribution in [0.4, 0.5) is 0 Å². The molecule has 0 bridgehead atoms. The molecule has 31 heavy (non-hydrogen) atoms. The van der Waals surface area contributed by atoms with Gasteiger partial charge in [-0.1, -0.05) is 84.9 Å². The third-order valence-corrected chi connectivity index (χ3v) is 5.21. The summed E-state index contributed by atoms with van der Waals surface area (Å²) in [6.45, 7) is 0. The number of esters is 1. The minimum Gasteiger partial charge on any atom is -0.427 e. The molecule has 0 heterocycles. The Balaban J connectivity index is 1.47. The summed E-state index contributed by atoms with van der Waals surface area (Å²) in [5.74, 6) is 0.180. The van der Waals surface area contributed by atoms with E-state index in [1.165, 1.54) is 0 Å². The summed E-state index contributed by atoms with van der Waals surface area (Å²) in [6.07, 6.45) is 0.255. The van der Waals surface area contributed by atoms with E-state index in [1.807, 2.05) is 84.9 Å². The number of carbonyl (C=O) groups excluding carboxylic acids is 1. The molecule has 0 saturated heterocycles. The Morgan fingerprint density at radius 3 is 1.68 bits per heavy atom. The Hall–Kier alpha value is -4.16. The first kappa shape index (κ1) is 20.1. The molecule has 0 aromatic heterocycles. The van der Waals surface area contributed by atoms with Crippen LogP contribution in [0.1, 0.15) is 29.0 Å². The largest absolute Gasteiger partial charge is 0.427 e. The van der Waals surface area contributed by atoms with Crippen LogP contribution in [-0.4, -0.2) is 5.97 Å². The molecule has 0 aliphatic carbocycles. The molecule has 0 fully saturated rings. The van der Waals surface area contributed by atoms with Crippen molar-refractivity contribution in [3.8, 4) is 22.9 Å². The van der Waals surface area contributed by atoms with Gasteiger partial charge in [0.2, 0.25) is 0 Å². The lowest BCUT2D eigenvalue weighted by Gasteiger charge is -2.17. The zero-order valence-corrected chi connectivity index (χ0v) is 16.9. The third-order valence-electron chi connectivity index (χ3n) is 5.21. The maximum atomic E-state index is 12.7. The molecule has 4 aromatic carbocycles. The van der Waals surface area contributed by atoms with E-state index in [1.54, 1.807) is 24.3 Å². The first-order valence-electron chi connectivity index (χ1n) is 10.1. The van der Waals surface area contributed by atoms with E-state index in [0.717, 1.165) is 22.3 Å². The van der Waals surface area contributed by atoms with E-state index in [2.05, 4.69) is 6.07 Å². The Bertz CT molecular complexity index is 1140.